The SMILES string of the molecule is CC(=O)N1CCC(N2CCN(C(C)=O)C[C@](O)(COc3cc(C)cc(C)c3)C2)CC1. The maximum absolute atomic E-state index is 12.1. The van der Waals surface area contributed by atoms with Gasteiger partial charge in [-0.1, -0.05) is 6.07 Å². The van der Waals surface area contributed by atoms with Gasteiger partial charge >= 0.3 is 0 Å². The summed E-state index contributed by atoms with van der Waals surface area (Å²) in [6, 6.07) is 6.30. The molecule has 1 atom stereocenters. The summed E-state index contributed by atoms with van der Waals surface area (Å²) in [6.45, 7) is 10.8. The largest absolute Gasteiger partial charge is 0.490 e. The standard InChI is InChI=1S/C23H35N3O4/c1-17-11-18(2)13-22(12-17)30-16-23(29)14-25(20(4)28)9-10-26(15-23)21-5-7-24(8-6-21)19(3)27/h11-13,21,29H,5-10,14-16H2,1-4H3/t23-/m1/s1. The number of hydrogen-bond donors (Lipinski definition) is 1. The molecule has 7 heteroatoms. The van der Waals surface area contributed by atoms with Crippen LogP contribution in [0.15, 0.2) is 18.2 Å². The molecule has 2 heterocycles. The highest BCUT2D eigenvalue weighted by Crippen LogP contribution is 2.24. The Morgan fingerprint density at radius 1 is 0.967 bits per heavy atom. The van der Waals surface area contributed by atoms with Crippen LogP contribution in [0.4, 0.5) is 0 Å². The van der Waals surface area contributed by atoms with E-state index >= 15 is 0 Å². The third-order valence-electron chi connectivity index (χ3n) is 6.21. The second kappa shape index (κ2) is 9.35. The van der Waals surface area contributed by atoms with Gasteiger partial charge in [-0.15, -0.1) is 0 Å². The summed E-state index contributed by atoms with van der Waals surface area (Å²) in [5.41, 5.74) is 1.07. The van der Waals surface area contributed by atoms with Crippen molar-refractivity contribution in [3.8, 4) is 5.75 Å². The number of β-amino-alcohol motifs (C(OH)–C–C–N with tert-alkyl or cyclic N) is 1. The van der Waals surface area contributed by atoms with Gasteiger partial charge in [0.05, 0.1) is 6.54 Å². The minimum absolute atomic E-state index is 0.0342. The Balaban J connectivity index is 1.71. The molecule has 0 bridgehead atoms. The Labute approximate surface area is 179 Å². The molecule has 2 fully saturated rings. The minimum atomic E-state index is -1.16. The molecule has 2 aliphatic heterocycles. The summed E-state index contributed by atoms with van der Waals surface area (Å²) < 4.78 is 6.01. The Bertz CT molecular complexity index is 755. The molecule has 30 heavy (non-hydrogen) atoms. The number of carbonyl (C=O) groups is 2. The molecule has 166 valence electrons. The number of aryl methyl sites for hydroxylation is 2. The van der Waals surface area contributed by atoms with Crippen molar-refractivity contribution in [2.75, 3.05) is 45.9 Å². The molecular weight excluding hydrogens is 382 g/mol. The zero-order valence-corrected chi connectivity index (χ0v) is 18.7. The molecule has 3 rings (SSSR count). The molecule has 1 aromatic carbocycles. The highest BCUT2D eigenvalue weighted by atomic mass is 16.5. The van der Waals surface area contributed by atoms with E-state index in [1.54, 1.807) is 18.7 Å². The van der Waals surface area contributed by atoms with Gasteiger partial charge in [0.25, 0.3) is 0 Å². The topological polar surface area (TPSA) is 73.3 Å². The summed E-state index contributed by atoms with van der Waals surface area (Å²) in [7, 11) is 0. The highest BCUT2D eigenvalue weighted by Gasteiger charge is 2.39. The fourth-order valence-corrected chi connectivity index (χ4v) is 4.64. The number of piperidine rings is 1. The van der Waals surface area contributed by atoms with E-state index in [1.165, 1.54) is 0 Å². The Kier molecular flexibility index (Phi) is 7.03. The number of likely N-dealkylation sites (tertiary alicyclic amines) is 1. The van der Waals surface area contributed by atoms with Crippen molar-refractivity contribution in [2.24, 2.45) is 0 Å². The van der Waals surface area contributed by atoms with Crippen molar-refractivity contribution in [3.63, 3.8) is 0 Å². The first kappa shape index (κ1) is 22.6. The predicted molar refractivity (Wildman–Crippen MR) is 115 cm³/mol. The van der Waals surface area contributed by atoms with Crippen LogP contribution in [0.25, 0.3) is 0 Å². The van der Waals surface area contributed by atoms with E-state index in [1.807, 2.05) is 30.9 Å². The van der Waals surface area contributed by atoms with Gasteiger partial charge in [-0.05, 0) is 49.9 Å². The van der Waals surface area contributed by atoms with Gasteiger partial charge < -0.3 is 19.6 Å². The number of hydrogen-bond acceptors (Lipinski definition) is 5. The number of carbonyl (C=O) groups excluding carboxylic acids is 2. The van der Waals surface area contributed by atoms with E-state index in [-0.39, 0.29) is 25.0 Å². The van der Waals surface area contributed by atoms with Gasteiger partial charge in [-0.25, -0.2) is 0 Å². The van der Waals surface area contributed by atoms with E-state index in [0.29, 0.717) is 19.1 Å². The monoisotopic (exact) mass is 417 g/mol. The molecule has 0 spiro atoms. The van der Waals surface area contributed by atoms with Crippen LogP contribution in [0, 0.1) is 13.8 Å². The smallest absolute Gasteiger partial charge is 0.219 e. The molecule has 0 unspecified atom stereocenters. The Morgan fingerprint density at radius 2 is 1.57 bits per heavy atom. The molecule has 1 N–H and O–H groups in total. The van der Waals surface area contributed by atoms with Crippen LogP contribution in [0.2, 0.25) is 0 Å². The summed E-state index contributed by atoms with van der Waals surface area (Å²) in [6.07, 6.45) is 1.77. The van der Waals surface area contributed by atoms with Crippen LogP contribution >= 0.6 is 0 Å². The lowest BCUT2D eigenvalue weighted by molar-refractivity contribution is -0.132. The quantitative estimate of drug-likeness (QED) is 0.805. The van der Waals surface area contributed by atoms with Crippen molar-refractivity contribution < 1.29 is 19.4 Å². The summed E-state index contributed by atoms with van der Waals surface area (Å²) in [4.78, 5) is 29.6. The number of amides is 2. The van der Waals surface area contributed by atoms with Gasteiger partial charge in [-0.3, -0.25) is 14.5 Å². The minimum Gasteiger partial charge on any atom is -0.490 e. The maximum atomic E-state index is 12.1. The van der Waals surface area contributed by atoms with Crippen molar-refractivity contribution in [3.05, 3.63) is 29.3 Å². The van der Waals surface area contributed by atoms with Crippen molar-refractivity contribution in [1.82, 2.24) is 14.7 Å². The summed E-state index contributed by atoms with van der Waals surface area (Å²) in [5.74, 6) is 0.819. The molecule has 0 radical (unpaired) electrons. The lowest BCUT2D eigenvalue weighted by atomic mass is 9.99. The van der Waals surface area contributed by atoms with Crippen LogP contribution in [0.1, 0.15) is 37.8 Å². The van der Waals surface area contributed by atoms with Crippen molar-refractivity contribution in [1.29, 1.82) is 0 Å². The molecule has 1 aromatic rings. The Hall–Kier alpha value is -2.12. The van der Waals surface area contributed by atoms with Gasteiger partial charge in [0.1, 0.15) is 18.0 Å². The van der Waals surface area contributed by atoms with Gasteiger partial charge in [0, 0.05) is 52.6 Å². The first-order valence-electron chi connectivity index (χ1n) is 10.8. The lowest BCUT2D eigenvalue weighted by Crippen LogP contribution is -2.54. The third-order valence-corrected chi connectivity index (χ3v) is 6.21. The third kappa shape index (κ3) is 5.73. The number of aliphatic hydroxyl groups is 1. The highest BCUT2D eigenvalue weighted by molar-refractivity contribution is 5.73. The molecule has 0 saturated carbocycles. The van der Waals surface area contributed by atoms with Crippen LogP contribution in [-0.4, -0.2) is 89.1 Å². The van der Waals surface area contributed by atoms with Crippen LogP contribution in [0.3, 0.4) is 0 Å². The van der Waals surface area contributed by atoms with Gasteiger partial charge in [0.15, 0.2) is 0 Å². The number of nitrogens with zero attached hydrogens (tertiary/aromatic N) is 3. The van der Waals surface area contributed by atoms with E-state index in [2.05, 4.69) is 11.0 Å². The zero-order chi connectivity index (χ0) is 21.9. The molecule has 0 aromatic heterocycles. The molecule has 2 aliphatic rings. The average Bonchev–Trinajstić information content (AvgIpc) is 2.86. The molecule has 2 saturated heterocycles. The van der Waals surface area contributed by atoms with Crippen LogP contribution in [-0.2, 0) is 9.59 Å². The number of ether oxygens (including phenoxy) is 1. The zero-order valence-electron chi connectivity index (χ0n) is 18.7. The van der Waals surface area contributed by atoms with Crippen LogP contribution in [0.5, 0.6) is 5.75 Å². The first-order valence-corrected chi connectivity index (χ1v) is 10.8. The predicted octanol–water partition coefficient (Wildman–Crippen LogP) is 1.59. The molecular formula is C23H35N3O4. The fourth-order valence-electron chi connectivity index (χ4n) is 4.64. The average molecular weight is 418 g/mol. The van der Waals surface area contributed by atoms with E-state index in [9.17, 15) is 14.7 Å². The summed E-state index contributed by atoms with van der Waals surface area (Å²) in [5, 5.41) is 11.5. The van der Waals surface area contributed by atoms with Gasteiger partial charge in [-0.2, -0.15) is 0 Å². The lowest BCUT2D eigenvalue weighted by Gasteiger charge is -2.40. The Morgan fingerprint density at radius 3 is 2.13 bits per heavy atom. The van der Waals surface area contributed by atoms with E-state index in [4.69, 9.17) is 4.74 Å². The molecule has 0 aliphatic carbocycles. The van der Waals surface area contributed by atoms with Crippen LogP contribution < -0.4 is 4.74 Å². The van der Waals surface area contributed by atoms with Crippen molar-refractivity contribution in [2.45, 2.75) is 52.2 Å². The fraction of sp³-hybridized carbons (Fsp3) is 0.652. The normalized spacial score (nSPS) is 23.9. The van der Waals surface area contributed by atoms with Gasteiger partial charge in [0.2, 0.25) is 11.8 Å². The van der Waals surface area contributed by atoms with E-state index in [0.717, 1.165) is 49.4 Å². The van der Waals surface area contributed by atoms with Crippen molar-refractivity contribution >= 4 is 11.8 Å². The second-order valence-electron chi connectivity index (χ2n) is 8.98. The second-order valence-corrected chi connectivity index (χ2v) is 8.98. The first-order chi connectivity index (χ1) is 14.1. The summed E-state index contributed by atoms with van der Waals surface area (Å²) >= 11 is 0. The maximum Gasteiger partial charge on any atom is 0.219 e. The van der Waals surface area contributed by atoms with E-state index < -0.39 is 5.60 Å². The molecule has 7 nitrogen and oxygen atoms in total. The number of rotatable bonds is 4. The molecule has 2 amide bonds. The number of benzene rings is 1.